The van der Waals surface area contributed by atoms with Crippen molar-refractivity contribution in [1.29, 1.82) is 0 Å². The topological polar surface area (TPSA) is 68.5 Å². The van der Waals surface area contributed by atoms with Crippen molar-refractivity contribution in [2.45, 2.75) is 13.5 Å². The van der Waals surface area contributed by atoms with Gasteiger partial charge in [0.2, 0.25) is 5.88 Å². The molecule has 0 aliphatic rings. The molecule has 2 heterocycles. The summed E-state index contributed by atoms with van der Waals surface area (Å²) in [5.74, 6) is -1.44. The quantitative estimate of drug-likeness (QED) is 0.779. The van der Waals surface area contributed by atoms with Gasteiger partial charge in [0.25, 0.3) is 5.91 Å². The third-order valence-electron chi connectivity index (χ3n) is 3.20. The van der Waals surface area contributed by atoms with Crippen LogP contribution in [0.2, 0.25) is 0 Å². The summed E-state index contributed by atoms with van der Waals surface area (Å²) in [4.78, 5) is 16.3. The van der Waals surface area contributed by atoms with Gasteiger partial charge in [-0.1, -0.05) is 0 Å². The molecule has 0 aliphatic carbocycles. The summed E-state index contributed by atoms with van der Waals surface area (Å²) in [7, 11) is 0. The Morgan fingerprint density at radius 1 is 1.25 bits per heavy atom. The van der Waals surface area contributed by atoms with Crippen LogP contribution in [0.4, 0.5) is 8.78 Å². The molecule has 0 bridgehead atoms. The highest BCUT2D eigenvalue weighted by Gasteiger charge is 2.12. The molecule has 0 atom stereocenters. The monoisotopic (exact) mass is 332 g/mol. The van der Waals surface area contributed by atoms with Gasteiger partial charge in [0.1, 0.15) is 17.3 Å². The van der Waals surface area contributed by atoms with Gasteiger partial charge >= 0.3 is 0 Å². The van der Waals surface area contributed by atoms with Crippen LogP contribution in [0.3, 0.4) is 0 Å². The van der Waals surface area contributed by atoms with E-state index in [0.29, 0.717) is 23.7 Å². The van der Waals surface area contributed by atoms with Crippen LogP contribution in [-0.2, 0) is 6.54 Å². The lowest BCUT2D eigenvalue weighted by molar-refractivity contribution is 0.0946. The van der Waals surface area contributed by atoms with Crippen molar-refractivity contribution in [3.8, 4) is 5.88 Å². The van der Waals surface area contributed by atoms with E-state index in [1.165, 1.54) is 10.7 Å². The summed E-state index contributed by atoms with van der Waals surface area (Å²) in [6.07, 6.45) is 1.46. The van der Waals surface area contributed by atoms with E-state index in [1.54, 1.807) is 12.1 Å². The zero-order valence-corrected chi connectivity index (χ0v) is 12.8. The zero-order valence-electron chi connectivity index (χ0n) is 12.8. The number of halogens is 2. The molecular formula is C16H14F2N4O2. The molecule has 24 heavy (non-hydrogen) atoms. The first kappa shape index (κ1) is 15.9. The maximum absolute atomic E-state index is 13.1. The number of aromatic nitrogens is 3. The van der Waals surface area contributed by atoms with Gasteiger partial charge in [-0.05, 0) is 30.7 Å². The van der Waals surface area contributed by atoms with E-state index in [2.05, 4.69) is 15.4 Å². The normalized spacial score (nSPS) is 10.8. The third kappa shape index (κ3) is 3.48. The molecule has 0 saturated carbocycles. The van der Waals surface area contributed by atoms with Gasteiger partial charge in [0.15, 0.2) is 5.65 Å². The predicted octanol–water partition coefficient (Wildman–Crippen LogP) is 2.34. The fourth-order valence-electron chi connectivity index (χ4n) is 2.18. The average molecular weight is 332 g/mol. The van der Waals surface area contributed by atoms with Gasteiger partial charge in [-0.15, -0.1) is 5.10 Å². The Morgan fingerprint density at radius 2 is 2.00 bits per heavy atom. The van der Waals surface area contributed by atoms with Crippen LogP contribution in [0.25, 0.3) is 5.65 Å². The van der Waals surface area contributed by atoms with Gasteiger partial charge in [-0.2, -0.15) is 0 Å². The SMILES string of the molecule is CCOc1ccc2nc(C(=O)NCc3cc(F)cc(F)c3)cn2n1. The van der Waals surface area contributed by atoms with Crippen LogP contribution >= 0.6 is 0 Å². The summed E-state index contributed by atoms with van der Waals surface area (Å²) in [5, 5.41) is 6.73. The summed E-state index contributed by atoms with van der Waals surface area (Å²) in [6, 6.07) is 6.42. The van der Waals surface area contributed by atoms with E-state index < -0.39 is 17.5 Å². The Hall–Kier alpha value is -3.03. The second-order valence-corrected chi connectivity index (χ2v) is 4.99. The van der Waals surface area contributed by atoms with Crippen molar-refractivity contribution < 1.29 is 18.3 Å². The maximum Gasteiger partial charge on any atom is 0.271 e. The first-order chi connectivity index (χ1) is 11.5. The number of imidazole rings is 1. The molecule has 1 aromatic carbocycles. The van der Waals surface area contributed by atoms with Crippen molar-refractivity contribution >= 4 is 11.6 Å². The number of amides is 1. The minimum atomic E-state index is -0.695. The van der Waals surface area contributed by atoms with E-state index in [1.807, 2.05) is 6.92 Å². The second-order valence-electron chi connectivity index (χ2n) is 4.99. The molecule has 0 radical (unpaired) electrons. The Kier molecular flexibility index (Phi) is 4.37. The standard InChI is InChI=1S/C16H14F2N4O2/c1-2-24-15-4-3-14-20-13(9-22(14)21-15)16(23)19-8-10-5-11(17)7-12(18)6-10/h3-7,9H,2,8H2,1H3,(H,19,23). The number of fused-ring (bicyclic) bond motifs is 1. The minimum absolute atomic E-state index is 0.0149. The zero-order chi connectivity index (χ0) is 17.1. The molecule has 124 valence electrons. The largest absolute Gasteiger partial charge is 0.477 e. The summed E-state index contributed by atoms with van der Waals surface area (Å²) in [5.41, 5.74) is 0.954. The summed E-state index contributed by atoms with van der Waals surface area (Å²) < 4.78 is 33.0. The Labute approximate surface area is 136 Å². The summed E-state index contributed by atoms with van der Waals surface area (Å²) in [6.45, 7) is 2.30. The molecule has 6 nitrogen and oxygen atoms in total. The van der Waals surface area contributed by atoms with Crippen LogP contribution < -0.4 is 10.1 Å². The van der Waals surface area contributed by atoms with Crippen molar-refractivity contribution in [3.05, 3.63) is 59.4 Å². The molecule has 0 spiro atoms. The van der Waals surface area contributed by atoms with E-state index in [9.17, 15) is 13.6 Å². The molecule has 0 fully saturated rings. The predicted molar refractivity (Wildman–Crippen MR) is 81.7 cm³/mol. The number of hydrogen-bond donors (Lipinski definition) is 1. The molecule has 0 unspecified atom stereocenters. The Bertz CT molecular complexity index is 875. The van der Waals surface area contributed by atoms with Crippen molar-refractivity contribution in [2.75, 3.05) is 6.61 Å². The van der Waals surface area contributed by atoms with Crippen molar-refractivity contribution in [3.63, 3.8) is 0 Å². The molecule has 0 saturated heterocycles. The van der Waals surface area contributed by atoms with E-state index in [0.717, 1.165) is 18.2 Å². The van der Waals surface area contributed by atoms with Crippen LogP contribution in [-0.4, -0.2) is 27.1 Å². The lowest BCUT2D eigenvalue weighted by atomic mass is 10.2. The van der Waals surface area contributed by atoms with Crippen molar-refractivity contribution in [2.24, 2.45) is 0 Å². The van der Waals surface area contributed by atoms with Gasteiger partial charge < -0.3 is 10.1 Å². The van der Waals surface area contributed by atoms with E-state index in [4.69, 9.17) is 4.74 Å². The fraction of sp³-hybridized carbons (Fsp3) is 0.188. The molecule has 2 aromatic heterocycles. The molecule has 3 rings (SSSR count). The first-order valence-corrected chi connectivity index (χ1v) is 7.27. The molecule has 3 aromatic rings. The number of nitrogens with one attached hydrogen (secondary N) is 1. The van der Waals surface area contributed by atoms with Crippen molar-refractivity contribution in [1.82, 2.24) is 19.9 Å². The molecular weight excluding hydrogens is 318 g/mol. The molecule has 1 N–H and O–H groups in total. The number of ether oxygens (including phenoxy) is 1. The fourth-order valence-corrected chi connectivity index (χ4v) is 2.18. The van der Waals surface area contributed by atoms with Crippen LogP contribution in [0.1, 0.15) is 23.0 Å². The van der Waals surface area contributed by atoms with E-state index in [-0.39, 0.29) is 12.2 Å². The number of rotatable bonds is 5. The number of carbonyl (C=O) groups is 1. The van der Waals surface area contributed by atoms with Gasteiger partial charge in [0, 0.05) is 18.7 Å². The lowest BCUT2D eigenvalue weighted by Crippen LogP contribution is -2.23. The van der Waals surface area contributed by atoms with Gasteiger partial charge in [-0.25, -0.2) is 18.3 Å². The molecule has 8 heteroatoms. The number of hydrogen-bond acceptors (Lipinski definition) is 4. The maximum atomic E-state index is 13.1. The average Bonchev–Trinajstić information content (AvgIpc) is 2.95. The highest BCUT2D eigenvalue weighted by molar-refractivity contribution is 5.92. The summed E-state index contributed by atoms with van der Waals surface area (Å²) >= 11 is 0. The van der Waals surface area contributed by atoms with Crippen LogP contribution in [0, 0.1) is 11.6 Å². The Morgan fingerprint density at radius 3 is 2.71 bits per heavy atom. The van der Waals surface area contributed by atoms with Gasteiger partial charge in [0.05, 0.1) is 12.8 Å². The third-order valence-corrected chi connectivity index (χ3v) is 3.20. The minimum Gasteiger partial charge on any atom is -0.477 e. The highest BCUT2D eigenvalue weighted by Crippen LogP contribution is 2.11. The number of benzene rings is 1. The van der Waals surface area contributed by atoms with Crippen LogP contribution in [0.5, 0.6) is 5.88 Å². The smallest absolute Gasteiger partial charge is 0.271 e. The van der Waals surface area contributed by atoms with Crippen LogP contribution in [0.15, 0.2) is 36.5 Å². The van der Waals surface area contributed by atoms with E-state index >= 15 is 0 Å². The Balaban J connectivity index is 1.73. The molecule has 0 aliphatic heterocycles. The number of carbonyl (C=O) groups excluding carboxylic acids is 1. The second kappa shape index (κ2) is 6.61. The van der Waals surface area contributed by atoms with Gasteiger partial charge in [-0.3, -0.25) is 4.79 Å². The first-order valence-electron chi connectivity index (χ1n) is 7.27. The molecule has 1 amide bonds. The number of nitrogens with zero attached hydrogens (tertiary/aromatic N) is 3. The lowest BCUT2D eigenvalue weighted by Gasteiger charge is -2.03. The highest BCUT2D eigenvalue weighted by atomic mass is 19.1.